The summed E-state index contributed by atoms with van der Waals surface area (Å²) in [7, 11) is 1.92. The van der Waals surface area contributed by atoms with Crippen molar-refractivity contribution in [3.63, 3.8) is 0 Å². The van der Waals surface area contributed by atoms with Gasteiger partial charge in [-0.2, -0.15) is 10.4 Å². The molecular formula is C16H19N5OS. The molecule has 3 rings (SSSR count). The number of likely N-dealkylation sites (tertiary alicyclic amines) is 1. The Hall–Kier alpha value is -2.17. The van der Waals surface area contributed by atoms with Crippen LogP contribution in [-0.4, -0.2) is 33.7 Å². The first-order chi connectivity index (χ1) is 11.2. The van der Waals surface area contributed by atoms with E-state index in [0.717, 1.165) is 25.9 Å². The zero-order valence-electron chi connectivity index (χ0n) is 13.0. The van der Waals surface area contributed by atoms with Crippen LogP contribution >= 0.6 is 11.3 Å². The lowest BCUT2D eigenvalue weighted by atomic mass is 10.1. The van der Waals surface area contributed by atoms with Crippen molar-refractivity contribution in [2.75, 3.05) is 18.4 Å². The summed E-state index contributed by atoms with van der Waals surface area (Å²) in [5.41, 5.74) is 1.74. The van der Waals surface area contributed by atoms with E-state index in [9.17, 15) is 4.79 Å². The number of nitrogens with zero attached hydrogens (tertiary/aromatic N) is 4. The highest BCUT2D eigenvalue weighted by Gasteiger charge is 2.27. The molecule has 1 aliphatic rings. The molecule has 2 aromatic rings. The Morgan fingerprint density at radius 3 is 3.22 bits per heavy atom. The predicted molar refractivity (Wildman–Crippen MR) is 89.0 cm³/mol. The second-order valence-corrected chi connectivity index (χ2v) is 6.63. The number of thiophene rings is 1. The number of amides is 1. The Morgan fingerprint density at radius 2 is 2.48 bits per heavy atom. The molecule has 1 amide bonds. The Morgan fingerprint density at radius 1 is 1.61 bits per heavy atom. The number of aromatic nitrogens is 2. The quantitative estimate of drug-likeness (QED) is 0.915. The second-order valence-electron chi connectivity index (χ2n) is 5.71. The number of hydrogen-bond acceptors (Lipinski definition) is 5. The van der Waals surface area contributed by atoms with Gasteiger partial charge in [0.2, 0.25) is 5.91 Å². The van der Waals surface area contributed by atoms with Crippen LogP contribution in [0.3, 0.4) is 0 Å². The normalized spacial score (nSPS) is 18.0. The highest BCUT2D eigenvalue weighted by atomic mass is 32.1. The molecule has 6 nitrogen and oxygen atoms in total. The number of nitrogens with one attached hydrogen (secondary N) is 1. The van der Waals surface area contributed by atoms with Gasteiger partial charge in [0.1, 0.15) is 11.1 Å². The maximum Gasteiger partial charge on any atom is 0.226 e. The monoisotopic (exact) mass is 329 g/mol. The minimum Gasteiger partial charge on any atom is -0.317 e. The standard InChI is InChI=1S/C16H19N5OS/c1-20-11-13(10-18-20)14-3-2-6-21(14)7-4-15(22)19-16-12(9-17)5-8-23-16/h5,8,10-11,14H,2-4,6-7H2,1H3,(H,19,22). The molecule has 0 saturated carbocycles. The fourth-order valence-corrected chi connectivity index (χ4v) is 3.77. The number of hydrogen-bond donors (Lipinski definition) is 1. The van der Waals surface area contributed by atoms with Crippen molar-refractivity contribution in [2.45, 2.75) is 25.3 Å². The maximum absolute atomic E-state index is 12.1. The molecule has 1 atom stereocenters. The van der Waals surface area contributed by atoms with Crippen molar-refractivity contribution in [1.29, 1.82) is 5.26 Å². The average Bonchev–Trinajstić information content (AvgIpc) is 3.25. The van der Waals surface area contributed by atoms with Crippen molar-refractivity contribution in [1.82, 2.24) is 14.7 Å². The Bertz CT molecular complexity index is 729. The van der Waals surface area contributed by atoms with Gasteiger partial charge in [0, 0.05) is 37.8 Å². The first kappa shape index (κ1) is 15.7. The van der Waals surface area contributed by atoms with Gasteiger partial charge in [-0.05, 0) is 30.8 Å². The highest BCUT2D eigenvalue weighted by Crippen LogP contribution is 2.31. The first-order valence-corrected chi connectivity index (χ1v) is 8.55. The lowest BCUT2D eigenvalue weighted by Crippen LogP contribution is -2.27. The van der Waals surface area contributed by atoms with E-state index >= 15 is 0 Å². The largest absolute Gasteiger partial charge is 0.317 e. The van der Waals surface area contributed by atoms with Gasteiger partial charge in [-0.3, -0.25) is 14.4 Å². The molecule has 1 saturated heterocycles. The summed E-state index contributed by atoms with van der Waals surface area (Å²) in [6.07, 6.45) is 6.64. The van der Waals surface area contributed by atoms with Gasteiger partial charge in [-0.1, -0.05) is 0 Å². The molecule has 0 bridgehead atoms. The number of rotatable bonds is 5. The Kier molecular flexibility index (Phi) is 4.74. The van der Waals surface area contributed by atoms with Gasteiger partial charge in [0.05, 0.1) is 11.8 Å². The molecule has 2 aromatic heterocycles. The second kappa shape index (κ2) is 6.94. The zero-order chi connectivity index (χ0) is 16.2. The fraction of sp³-hybridized carbons (Fsp3) is 0.438. The van der Waals surface area contributed by atoms with Crippen LogP contribution < -0.4 is 5.32 Å². The summed E-state index contributed by atoms with van der Waals surface area (Å²) in [5.74, 6) is -0.0409. The molecule has 7 heteroatoms. The van der Waals surface area contributed by atoms with Crippen LogP contribution in [-0.2, 0) is 11.8 Å². The molecule has 1 fully saturated rings. The van der Waals surface area contributed by atoms with Crippen molar-refractivity contribution < 1.29 is 4.79 Å². The van der Waals surface area contributed by atoms with Gasteiger partial charge in [-0.25, -0.2) is 0 Å². The summed E-state index contributed by atoms with van der Waals surface area (Å²) in [4.78, 5) is 14.5. The third-order valence-corrected chi connectivity index (χ3v) is 4.97. The number of anilines is 1. The van der Waals surface area contributed by atoms with Crippen molar-refractivity contribution >= 4 is 22.2 Å². The van der Waals surface area contributed by atoms with E-state index < -0.39 is 0 Å². The first-order valence-electron chi connectivity index (χ1n) is 7.67. The van der Waals surface area contributed by atoms with Gasteiger partial charge in [0.15, 0.2) is 0 Å². The molecule has 1 aliphatic heterocycles. The molecule has 120 valence electrons. The number of carbonyl (C=O) groups is 1. The summed E-state index contributed by atoms with van der Waals surface area (Å²) in [5, 5.41) is 18.5. The minimum atomic E-state index is -0.0409. The third-order valence-electron chi connectivity index (χ3n) is 4.14. The van der Waals surface area contributed by atoms with E-state index in [-0.39, 0.29) is 5.91 Å². The minimum absolute atomic E-state index is 0.0409. The number of carbonyl (C=O) groups excluding carboxylic acids is 1. The van der Waals surface area contributed by atoms with E-state index in [0.29, 0.717) is 23.0 Å². The zero-order valence-corrected chi connectivity index (χ0v) is 13.8. The van der Waals surface area contributed by atoms with E-state index in [4.69, 9.17) is 5.26 Å². The molecule has 0 aromatic carbocycles. The molecular weight excluding hydrogens is 310 g/mol. The highest BCUT2D eigenvalue weighted by molar-refractivity contribution is 7.14. The van der Waals surface area contributed by atoms with Crippen molar-refractivity contribution in [2.24, 2.45) is 7.05 Å². The third kappa shape index (κ3) is 3.60. The van der Waals surface area contributed by atoms with Crippen LogP contribution in [0.5, 0.6) is 0 Å². The van der Waals surface area contributed by atoms with Gasteiger partial charge in [-0.15, -0.1) is 11.3 Å². The van der Waals surface area contributed by atoms with E-state index in [1.54, 1.807) is 6.07 Å². The van der Waals surface area contributed by atoms with Crippen molar-refractivity contribution in [3.05, 3.63) is 35.0 Å². The van der Waals surface area contributed by atoms with Crippen LogP contribution in [0, 0.1) is 11.3 Å². The fourth-order valence-electron chi connectivity index (χ4n) is 3.01. The SMILES string of the molecule is Cn1cc(C2CCCN2CCC(=O)Nc2sccc2C#N)cn1. The van der Waals surface area contributed by atoms with E-state index in [2.05, 4.69) is 21.4 Å². The molecule has 23 heavy (non-hydrogen) atoms. The van der Waals surface area contributed by atoms with E-state index in [1.165, 1.54) is 16.9 Å². The molecule has 1 N–H and O–H groups in total. The van der Waals surface area contributed by atoms with Gasteiger partial charge < -0.3 is 5.32 Å². The predicted octanol–water partition coefficient (Wildman–Crippen LogP) is 2.52. The summed E-state index contributed by atoms with van der Waals surface area (Å²) >= 11 is 1.38. The summed E-state index contributed by atoms with van der Waals surface area (Å²) in [6.45, 7) is 1.73. The molecule has 1 unspecified atom stereocenters. The van der Waals surface area contributed by atoms with Crippen LogP contribution in [0.25, 0.3) is 0 Å². The van der Waals surface area contributed by atoms with Crippen molar-refractivity contribution in [3.8, 4) is 6.07 Å². The van der Waals surface area contributed by atoms with Crippen LogP contribution in [0.1, 0.15) is 36.4 Å². The summed E-state index contributed by atoms with van der Waals surface area (Å²) < 4.78 is 1.82. The van der Waals surface area contributed by atoms with Crippen LogP contribution in [0.15, 0.2) is 23.8 Å². The van der Waals surface area contributed by atoms with Gasteiger partial charge >= 0.3 is 0 Å². The van der Waals surface area contributed by atoms with E-state index in [1.807, 2.05) is 29.5 Å². The Labute approximate surface area is 139 Å². The van der Waals surface area contributed by atoms with Gasteiger partial charge in [0.25, 0.3) is 0 Å². The number of aryl methyl sites for hydroxylation is 1. The average molecular weight is 329 g/mol. The lowest BCUT2D eigenvalue weighted by molar-refractivity contribution is -0.116. The van der Waals surface area contributed by atoms with Crippen LogP contribution in [0.2, 0.25) is 0 Å². The molecule has 0 radical (unpaired) electrons. The smallest absolute Gasteiger partial charge is 0.226 e. The topological polar surface area (TPSA) is 74.0 Å². The molecule has 0 aliphatic carbocycles. The summed E-state index contributed by atoms with van der Waals surface area (Å²) in [6, 6.07) is 4.16. The number of nitriles is 1. The lowest BCUT2D eigenvalue weighted by Gasteiger charge is -2.23. The maximum atomic E-state index is 12.1. The molecule has 0 spiro atoms. The Balaban J connectivity index is 1.55. The molecule has 3 heterocycles. The van der Waals surface area contributed by atoms with Crippen LogP contribution in [0.4, 0.5) is 5.00 Å².